The van der Waals surface area contributed by atoms with E-state index in [1.165, 1.54) is 0 Å². The molecule has 0 aliphatic carbocycles. The maximum absolute atomic E-state index is 12.1. The molecule has 1 aromatic carbocycles. The third-order valence-electron chi connectivity index (χ3n) is 2.97. The Morgan fingerprint density at radius 3 is 2.53 bits per heavy atom. The number of hydrogen-bond acceptors (Lipinski definition) is 2. The van der Waals surface area contributed by atoms with Crippen molar-refractivity contribution < 1.29 is 9.53 Å². The van der Waals surface area contributed by atoms with E-state index < -0.39 is 0 Å². The van der Waals surface area contributed by atoms with Gasteiger partial charge in [-0.1, -0.05) is 13.8 Å². The minimum Gasteiger partial charge on any atom is -0.496 e. The van der Waals surface area contributed by atoms with Gasteiger partial charge in [0.15, 0.2) is 0 Å². The average Bonchev–Trinajstić information content (AvgIpc) is 2.36. The van der Waals surface area contributed by atoms with E-state index in [9.17, 15) is 4.79 Å². The highest BCUT2D eigenvalue weighted by Crippen LogP contribution is 2.25. The smallest absolute Gasteiger partial charge is 0.251 e. The van der Waals surface area contributed by atoms with Crippen molar-refractivity contribution in [1.29, 1.82) is 0 Å². The normalized spacial score (nSPS) is 12.3. The van der Waals surface area contributed by atoms with Crippen LogP contribution in [0.4, 0.5) is 0 Å². The van der Waals surface area contributed by atoms with Gasteiger partial charge < -0.3 is 10.1 Å². The quantitative estimate of drug-likeness (QED) is 0.857. The van der Waals surface area contributed by atoms with Crippen LogP contribution in [0.3, 0.4) is 0 Å². The monoisotopic (exact) mass is 327 g/mol. The zero-order chi connectivity index (χ0) is 14.4. The summed E-state index contributed by atoms with van der Waals surface area (Å²) in [5, 5.41) is 3.02. The molecule has 1 rings (SSSR count). The summed E-state index contributed by atoms with van der Waals surface area (Å²) < 4.78 is 5.94. The van der Waals surface area contributed by atoms with E-state index in [1.54, 1.807) is 25.3 Å². The summed E-state index contributed by atoms with van der Waals surface area (Å²) in [7, 11) is 1.60. The Labute approximate surface area is 123 Å². The number of methoxy groups -OCH3 is 1. The standard InChI is InChI=1S/C15H22BrNO2/c1-10(2)5-6-11(3)17-15(18)12-7-8-14(19-4)13(16)9-12/h7-11H,5-6H2,1-4H3,(H,17,18). The van der Waals surface area contributed by atoms with Crippen molar-refractivity contribution >= 4 is 21.8 Å². The minimum atomic E-state index is -0.0420. The molecule has 0 aliphatic rings. The van der Waals surface area contributed by atoms with Crippen LogP contribution in [-0.2, 0) is 0 Å². The first-order valence-corrected chi connectivity index (χ1v) is 7.37. The highest BCUT2D eigenvalue weighted by molar-refractivity contribution is 9.10. The summed E-state index contributed by atoms with van der Waals surface area (Å²) in [5.41, 5.74) is 0.643. The van der Waals surface area contributed by atoms with E-state index in [-0.39, 0.29) is 11.9 Å². The molecule has 0 saturated carbocycles. The van der Waals surface area contributed by atoms with Crippen LogP contribution in [0.25, 0.3) is 0 Å². The third kappa shape index (κ3) is 5.23. The molecule has 0 radical (unpaired) electrons. The van der Waals surface area contributed by atoms with Crippen molar-refractivity contribution in [2.75, 3.05) is 7.11 Å². The number of benzene rings is 1. The van der Waals surface area contributed by atoms with Gasteiger partial charge >= 0.3 is 0 Å². The van der Waals surface area contributed by atoms with Crippen molar-refractivity contribution in [3.05, 3.63) is 28.2 Å². The number of ether oxygens (including phenoxy) is 1. The Bertz CT molecular complexity index is 432. The van der Waals surface area contributed by atoms with Crippen LogP contribution >= 0.6 is 15.9 Å². The van der Waals surface area contributed by atoms with Crippen LogP contribution in [0, 0.1) is 5.92 Å². The molecule has 19 heavy (non-hydrogen) atoms. The van der Waals surface area contributed by atoms with E-state index >= 15 is 0 Å². The first-order valence-electron chi connectivity index (χ1n) is 6.58. The summed E-state index contributed by atoms with van der Waals surface area (Å²) >= 11 is 3.39. The predicted molar refractivity (Wildman–Crippen MR) is 81.7 cm³/mol. The molecular formula is C15H22BrNO2. The second-order valence-electron chi connectivity index (χ2n) is 5.20. The first kappa shape index (κ1) is 16.0. The lowest BCUT2D eigenvalue weighted by Crippen LogP contribution is -2.32. The van der Waals surface area contributed by atoms with Gasteiger partial charge in [-0.2, -0.15) is 0 Å². The van der Waals surface area contributed by atoms with Gasteiger partial charge in [-0.05, 0) is 59.8 Å². The van der Waals surface area contributed by atoms with Crippen molar-refractivity contribution in [2.24, 2.45) is 5.92 Å². The van der Waals surface area contributed by atoms with Crippen molar-refractivity contribution in [1.82, 2.24) is 5.32 Å². The molecule has 0 bridgehead atoms. The van der Waals surface area contributed by atoms with Gasteiger partial charge in [-0.25, -0.2) is 0 Å². The van der Waals surface area contributed by atoms with Gasteiger partial charge in [0.1, 0.15) is 5.75 Å². The highest BCUT2D eigenvalue weighted by atomic mass is 79.9. The largest absolute Gasteiger partial charge is 0.496 e. The Balaban J connectivity index is 2.60. The molecule has 1 unspecified atom stereocenters. The topological polar surface area (TPSA) is 38.3 Å². The molecule has 1 atom stereocenters. The van der Waals surface area contributed by atoms with Gasteiger partial charge in [-0.15, -0.1) is 0 Å². The number of carbonyl (C=O) groups is 1. The van der Waals surface area contributed by atoms with Gasteiger partial charge in [0, 0.05) is 11.6 Å². The van der Waals surface area contributed by atoms with Crippen molar-refractivity contribution in [3.8, 4) is 5.75 Å². The number of carbonyl (C=O) groups excluding carboxylic acids is 1. The first-order chi connectivity index (χ1) is 8.93. The fraction of sp³-hybridized carbons (Fsp3) is 0.533. The number of nitrogens with one attached hydrogen (secondary N) is 1. The third-order valence-corrected chi connectivity index (χ3v) is 3.59. The predicted octanol–water partition coefficient (Wildman–Crippen LogP) is 4.01. The van der Waals surface area contributed by atoms with Gasteiger partial charge in [0.2, 0.25) is 0 Å². The Morgan fingerprint density at radius 1 is 1.32 bits per heavy atom. The fourth-order valence-electron chi connectivity index (χ4n) is 1.77. The molecule has 0 aromatic heterocycles. The number of rotatable bonds is 6. The molecule has 0 heterocycles. The molecule has 0 saturated heterocycles. The maximum Gasteiger partial charge on any atom is 0.251 e. The van der Waals surface area contributed by atoms with Gasteiger partial charge in [0.25, 0.3) is 5.91 Å². The van der Waals surface area contributed by atoms with Gasteiger partial charge in [-0.3, -0.25) is 4.79 Å². The van der Waals surface area contributed by atoms with Crippen molar-refractivity contribution in [3.63, 3.8) is 0 Å². The molecule has 4 heteroatoms. The number of amides is 1. The lowest BCUT2D eigenvalue weighted by molar-refractivity contribution is 0.0937. The average molecular weight is 328 g/mol. The summed E-state index contributed by atoms with van der Waals surface area (Å²) in [5.74, 6) is 1.35. The summed E-state index contributed by atoms with van der Waals surface area (Å²) in [6, 6.07) is 5.53. The zero-order valence-corrected chi connectivity index (χ0v) is 13.6. The molecule has 0 aliphatic heterocycles. The minimum absolute atomic E-state index is 0.0420. The number of hydrogen-bond donors (Lipinski definition) is 1. The molecule has 0 spiro atoms. The Hall–Kier alpha value is -1.03. The Morgan fingerprint density at radius 2 is 2.00 bits per heavy atom. The Kier molecular flexibility index (Phi) is 6.35. The SMILES string of the molecule is COc1ccc(C(=O)NC(C)CCC(C)C)cc1Br. The lowest BCUT2D eigenvalue weighted by atomic mass is 10.0. The summed E-state index contributed by atoms with van der Waals surface area (Å²) in [4.78, 5) is 12.1. The van der Waals surface area contributed by atoms with Gasteiger partial charge in [0.05, 0.1) is 11.6 Å². The second kappa shape index (κ2) is 7.53. The maximum atomic E-state index is 12.1. The zero-order valence-electron chi connectivity index (χ0n) is 12.0. The van der Waals surface area contributed by atoms with E-state index in [0.29, 0.717) is 11.5 Å². The van der Waals surface area contributed by atoms with Crippen LogP contribution in [0.5, 0.6) is 5.75 Å². The lowest BCUT2D eigenvalue weighted by Gasteiger charge is -2.15. The molecule has 106 valence electrons. The van der Waals surface area contributed by atoms with E-state index in [2.05, 4.69) is 35.1 Å². The second-order valence-corrected chi connectivity index (χ2v) is 6.05. The van der Waals surface area contributed by atoms with E-state index in [1.807, 2.05) is 6.92 Å². The highest BCUT2D eigenvalue weighted by Gasteiger charge is 2.12. The van der Waals surface area contributed by atoms with Crippen molar-refractivity contribution in [2.45, 2.75) is 39.7 Å². The summed E-state index contributed by atoms with van der Waals surface area (Å²) in [6.45, 7) is 6.42. The van der Waals surface area contributed by atoms with E-state index in [4.69, 9.17) is 4.74 Å². The van der Waals surface area contributed by atoms with Crippen LogP contribution < -0.4 is 10.1 Å². The summed E-state index contributed by atoms with van der Waals surface area (Å²) in [6.07, 6.45) is 2.12. The van der Waals surface area contributed by atoms with Crippen LogP contribution in [0.2, 0.25) is 0 Å². The molecule has 0 fully saturated rings. The van der Waals surface area contributed by atoms with Crippen LogP contribution in [-0.4, -0.2) is 19.1 Å². The molecule has 3 nitrogen and oxygen atoms in total. The van der Waals surface area contributed by atoms with E-state index in [0.717, 1.165) is 23.1 Å². The molecule has 1 amide bonds. The van der Waals surface area contributed by atoms with Crippen LogP contribution in [0.1, 0.15) is 44.0 Å². The van der Waals surface area contributed by atoms with Crippen LogP contribution in [0.15, 0.2) is 22.7 Å². The molecule has 1 N–H and O–H groups in total. The molecule has 1 aromatic rings. The fourth-order valence-corrected chi connectivity index (χ4v) is 2.31. The number of halogens is 1. The molecular weight excluding hydrogens is 306 g/mol.